The molecule has 19 heteroatoms. The molecule has 0 atom stereocenters. The van der Waals surface area contributed by atoms with Gasteiger partial charge in [-0.25, -0.2) is 19.2 Å². The Kier molecular flexibility index (Phi) is 16.4. The van der Waals surface area contributed by atoms with E-state index in [1.807, 2.05) is 0 Å². The molecule has 4 heterocycles. The van der Waals surface area contributed by atoms with Gasteiger partial charge in [-0.2, -0.15) is 0 Å². The van der Waals surface area contributed by atoms with E-state index in [9.17, 15) is 52.7 Å². The zero-order chi connectivity index (χ0) is 49.9. The van der Waals surface area contributed by atoms with Gasteiger partial charge in [0.05, 0.1) is 44.5 Å². The fourth-order valence-electron chi connectivity index (χ4n) is 7.92. The van der Waals surface area contributed by atoms with E-state index in [-0.39, 0.29) is 77.5 Å². The van der Waals surface area contributed by atoms with Gasteiger partial charge in [-0.1, -0.05) is 43.5 Å². The number of hydrogen-bond acceptors (Lipinski definition) is 14. The summed E-state index contributed by atoms with van der Waals surface area (Å²) in [5.74, 6) is -6.80. The standard InChI is InChI=1S/C28H28N2O8.C16H6O6.C6H13NO2/c31-23(32)7-3-1-5-13-29-25(35)19-11-9-17(15-21(19)27(29)37)18-10-12-20-22(16-18)28(38)30(26(20)36)14-6-2-4-8-24(33)34;17-13-9-3-1-7(5-11(9)15(19)21-13)8-2-4-10-12(6-8)16(20)22-14(10)18;7-5-3-1-2-4-6(8)9/h9-12,15-16H,1-8,13-14H2,(H,31,32)(H,33,34);1-6H;1-5,7H2,(H,8,9). The minimum absolute atomic E-state index is 0.0465. The number of rotatable bonds is 19. The smallest absolute Gasteiger partial charge is 0.346 e. The summed E-state index contributed by atoms with van der Waals surface area (Å²) >= 11 is 0. The van der Waals surface area contributed by atoms with Crippen LogP contribution in [0.2, 0.25) is 0 Å². The molecule has 8 rings (SSSR count). The summed E-state index contributed by atoms with van der Waals surface area (Å²) in [7, 11) is 0. The minimum atomic E-state index is -0.878. The van der Waals surface area contributed by atoms with Gasteiger partial charge in [0, 0.05) is 32.4 Å². The van der Waals surface area contributed by atoms with Gasteiger partial charge in [0.25, 0.3) is 23.6 Å². The number of carbonyl (C=O) groups excluding carboxylic acids is 8. The second-order valence-corrected chi connectivity index (χ2v) is 16.3. The number of ether oxygens (including phenoxy) is 2. The largest absolute Gasteiger partial charge is 0.481 e. The summed E-state index contributed by atoms with van der Waals surface area (Å²) in [5, 5.41) is 25.6. The number of hydrogen-bond donors (Lipinski definition) is 4. The van der Waals surface area contributed by atoms with Crippen LogP contribution < -0.4 is 5.73 Å². The highest BCUT2D eigenvalue weighted by Crippen LogP contribution is 2.34. The van der Waals surface area contributed by atoms with E-state index in [0.29, 0.717) is 78.5 Å². The normalized spacial score (nSPS) is 14.0. The highest BCUT2D eigenvalue weighted by atomic mass is 16.6. The number of carbonyl (C=O) groups is 11. The summed E-state index contributed by atoms with van der Waals surface area (Å²) in [6.07, 6.45) is 6.16. The Bertz CT molecular complexity index is 2620. The molecular weight excluding hydrogens is 899 g/mol. The highest BCUT2D eigenvalue weighted by molar-refractivity contribution is 6.23. The molecule has 69 heavy (non-hydrogen) atoms. The molecule has 0 aliphatic carbocycles. The number of fused-ring (bicyclic) bond motifs is 4. The maximum absolute atomic E-state index is 12.9. The molecule has 19 nitrogen and oxygen atoms in total. The number of unbranched alkanes of at least 4 members (excludes halogenated alkanes) is 6. The molecule has 0 bridgehead atoms. The summed E-state index contributed by atoms with van der Waals surface area (Å²) in [5.41, 5.74) is 9.62. The molecule has 4 aromatic rings. The van der Waals surface area contributed by atoms with Crippen LogP contribution in [0.3, 0.4) is 0 Å². The molecular formula is C50H47N3O16. The maximum Gasteiger partial charge on any atom is 0.346 e. The van der Waals surface area contributed by atoms with Gasteiger partial charge in [0.15, 0.2) is 0 Å². The number of cyclic esters (lactones) is 4. The molecule has 4 aliphatic rings. The number of carboxylic acids is 3. The molecule has 0 unspecified atom stereocenters. The third kappa shape index (κ3) is 11.9. The summed E-state index contributed by atoms with van der Waals surface area (Å²) in [6.45, 7) is 1.09. The highest BCUT2D eigenvalue weighted by Gasteiger charge is 2.38. The number of aliphatic carboxylic acids is 3. The first-order valence-corrected chi connectivity index (χ1v) is 22.2. The van der Waals surface area contributed by atoms with E-state index in [0.717, 1.165) is 19.3 Å². The summed E-state index contributed by atoms with van der Waals surface area (Å²) in [4.78, 5) is 131. The Morgan fingerprint density at radius 3 is 1.00 bits per heavy atom. The van der Waals surface area contributed by atoms with Crippen molar-refractivity contribution in [1.82, 2.24) is 9.80 Å². The number of nitrogens with zero attached hydrogens (tertiary/aromatic N) is 2. The zero-order valence-corrected chi connectivity index (χ0v) is 37.2. The predicted octanol–water partition coefficient (Wildman–Crippen LogP) is 6.40. The number of esters is 4. The van der Waals surface area contributed by atoms with Crippen LogP contribution >= 0.6 is 0 Å². The lowest BCUT2D eigenvalue weighted by Crippen LogP contribution is -2.30. The number of amides is 4. The van der Waals surface area contributed by atoms with Crippen molar-refractivity contribution in [3.63, 3.8) is 0 Å². The van der Waals surface area contributed by atoms with Crippen LogP contribution in [0.5, 0.6) is 0 Å². The Labute approximate surface area is 393 Å². The third-order valence-corrected chi connectivity index (χ3v) is 11.5. The lowest BCUT2D eigenvalue weighted by molar-refractivity contribution is -0.138. The number of imide groups is 2. The van der Waals surface area contributed by atoms with Crippen LogP contribution in [0.4, 0.5) is 0 Å². The molecule has 4 aliphatic heterocycles. The molecule has 4 aromatic carbocycles. The van der Waals surface area contributed by atoms with Crippen molar-refractivity contribution in [2.75, 3.05) is 19.6 Å². The van der Waals surface area contributed by atoms with Gasteiger partial charge in [0.1, 0.15) is 0 Å². The van der Waals surface area contributed by atoms with E-state index >= 15 is 0 Å². The lowest BCUT2D eigenvalue weighted by atomic mass is 9.97. The number of benzene rings is 4. The van der Waals surface area contributed by atoms with Gasteiger partial charge in [-0.15, -0.1) is 0 Å². The predicted molar refractivity (Wildman–Crippen MR) is 241 cm³/mol. The van der Waals surface area contributed by atoms with Crippen molar-refractivity contribution in [1.29, 1.82) is 0 Å². The average molecular weight is 946 g/mol. The molecule has 358 valence electrons. The van der Waals surface area contributed by atoms with E-state index < -0.39 is 53.6 Å². The van der Waals surface area contributed by atoms with Gasteiger partial charge < -0.3 is 30.5 Å². The maximum atomic E-state index is 12.9. The fraction of sp³-hybridized carbons (Fsp3) is 0.300. The van der Waals surface area contributed by atoms with Gasteiger partial charge in [0.2, 0.25) is 0 Å². The Morgan fingerprint density at radius 1 is 0.377 bits per heavy atom. The molecule has 0 radical (unpaired) electrons. The third-order valence-electron chi connectivity index (χ3n) is 11.5. The van der Waals surface area contributed by atoms with E-state index in [2.05, 4.69) is 9.47 Å². The topological polar surface area (TPSA) is 299 Å². The van der Waals surface area contributed by atoms with E-state index in [4.69, 9.17) is 21.1 Å². The SMILES string of the molecule is NCCCCCC(=O)O.O=C(O)CCCCCN1C(=O)c2ccc(-c3ccc4c(c3)C(=O)N(CCCCCC(=O)O)C4=O)cc2C1=O.O=C1OC(=O)c2cc(-c3ccc4c(c3)C(=O)OC4=O)ccc21. The van der Waals surface area contributed by atoms with Crippen molar-refractivity contribution in [2.45, 2.75) is 77.0 Å². The first-order chi connectivity index (χ1) is 33.0. The van der Waals surface area contributed by atoms with Crippen LogP contribution in [0.1, 0.15) is 160 Å². The van der Waals surface area contributed by atoms with Crippen molar-refractivity contribution in [3.8, 4) is 22.3 Å². The van der Waals surface area contributed by atoms with Crippen LogP contribution in [0, 0.1) is 0 Å². The van der Waals surface area contributed by atoms with Gasteiger partial charge >= 0.3 is 41.8 Å². The molecule has 0 fully saturated rings. The Hall–Kier alpha value is -8.19. The Balaban J connectivity index is 0.000000210. The van der Waals surface area contributed by atoms with Crippen LogP contribution in [0.15, 0.2) is 72.8 Å². The number of nitrogens with two attached hydrogens (primary N) is 1. The monoisotopic (exact) mass is 945 g/mol. The second-order valence-electron chi connectivity index (χ2n) is 16.3. The first-order valence-electron chi connectivity index (χ1n) is 22.2. The van der Waals surface area contributed by atoms with Crippen molar-refractivity contribution >= 4 is 65.4 Å². The van der Waals surface area contributed by atoms with Crippen molar-refractivity contribution in [3.05, 3.63) is 117 Å². The molecule has 0 spiro atoms. The number of carboxylic acid groups (broad SMARTS) is 3. The van der Waals surface area contributed by atoms with Crippen LogP contribution in [-0.4, -0.2) is 110 Å². The van der Waals surface area contributed by atoms with Crippen molar-refractivity contribution < 1.29 is 77.5 Å². The average Bonchev–Trinajstić information content (AvgIpc) is 3.95. The minimum Gasteiger partial charge on any atom is -0.481 e. The van der Waals surface area contributed by atoms with Crippen LogP contribution in [0.25, 0.3) is 22.3 Å². The van der Waals surface area contributed by atoms with E-state index in [1.165, 1.54) is 34.1 Å². The molecule has 0 saturated heterocycles. The molecule has 5 N–H and O–H groups in total. The van der Waals surface area contributed by atoms with Gasteiger partial charge in [-0.3, -0.25) is 43.4 Å². The summed E-state index contributed by atoms with van der Waals surface area (Å²) < 4.78 is 9.06. The first kappa shape index (κ1) is 50.2. The summed E-state index contributed by atoms with van der Waals surface area (Å²) in [6, 6.07) is 19.1. The fourth-order valence-corrected chi connectivity index (χ4v) is 7.92. The van der Waals surface area contributed by atoms with Crippen LogP contribution in [-0.2, 0) is 23.9 Å². The molecule has 4 amide bonds. The van der Waals surface area contributed by atoms with E-state index in [1.54, 1.807) is 48.5 Å². The zero-order valence-electron chi connectivity index (χ0n) is 37.2. The lowest BCUT2D eigenvalue weighted by Gasteiger charge is -2.13. The van der Waals surface area contributed by atoms with Crippen molar-refractivity contribution in [2.24, 2.45) is 5.73 Å². The second kappa shape index (κ2) is 22.5. The van der Waals surface area contributed by atoms with Gasteiger partial charge in [-0.05, 0) is 116 Å². The molecule has 0 saturated carbocycles. The molecule has 0 aromatic heterocycles. The Morgan fingerprint density at radius 2 is 0.667 bits per heavy atom. The quantitative estimate of drug-likeness (QED) is 0.0342.